The van der Waals surface area contributed by atoms with Crippen LogP contribution in [0.3, 0.4) is 0 Å². The second-order valence-corrected chi connectivity index (χ2v) is 11.1. The Morgan fingerprint density at radius 1 is 0.941 bits per heavy atom. The molecule has 34 heavy (non-hydrogen) atoms. The molecule has 8 nitrogen and oxygen atoms in total. The molecular formula is C25H29N5O3S. The van der Waals surface area contributed by atoms with Crippen molar-refractivity contribution in [3.05, 3.63) is 78.1 Å². The Hall–Kier alpha value is -3.01. The number of rotatable bonds is 8. The van der Waals surface area contributed by atoms with Gasteiger partial charge in [0.15, 0.2) is 5.69 Å². The van der Waals surface area contributed by atoms with Gasteiger partial charge in [-0.3, -0.25) is 4.79 Å². The van der Waals surface area contributed by atoms with E-state index in [1.165, 1.54) is 20.7 Å². The minimum atomic E-state index is -3.88. The number of sulfonamides is 1. The minimum absolute atomic E-state index is 0.106. The standard InChI is InChI=1S/C25H29N5O3S/c26-25(31)24-23(14-27-30(24)22-11-5-2-6-12-22)34(32,33)29-17-20-15-28(16-21(20)18-29)13-7-10-19-8-3-1-4-9-19/h1-6,8-9,11-12,14,20-21H,7,10,13,15-18H2,(H2,26,31). The number of nitrogens with zero attached hydrogens (tertiary/aromatic N) is 4. The molecule has 1 aromatic heterocycles. The van der Waals surface area contributed by atoms with Crippen molar-refractivity contribution in [1.82, 2.24) is 19.0 Å². The summed E-state index contributed by atoms with van der Waals surface area (Å²) < 4.78 is 29.8. The van der Waals surface area contributed by atoms with Crippen molar-refractivity contribution >= 4 is 15.9 Å². The summed E-state index contributed by atoms with van der Waals surface area (Å²) in [5, 5.41) is 4.19. The zero-order chi connectivity index (χ0) is 23.7. The molecule has 178 valence electrons. The molecule has 2 aliphatic heterocycles. The maximum Gasteiger partial charge on any atom is 0.268 e. The molecule has 2 atom stereocenters. The summed E-state index contributed by atoms with van der Waals surface area (Å²) in [4.78, 5) is 14.6. The number of carbonyl (C=O) groups is 1. The Balaban J connectivity index is 1.25. The van der Waals surface area contributed by atoms with Crippen LogP contribution in [0.25, 0.3) is 5.69 Å². The molecule has 0 bridgehead atoms. The Bertz CT molecular complexity index is 1250. The smallest absolute Gasteiger partial charge is 0.268 e. The summed E-state index contributed by atoms with van der Waals surface area (Å²) in [7, 11) is -3.88. The molecule has 2 aromatic carbocycles. The number of fused-ring (bicyclic) bond motifs is 1. The van der Waals surface area contributed by atoms with Crippen molar-refractivity contribution < 1.29 is 13.2 Å². The molecule has 1 amide bonds. The Labute approximate surface area is 200 Å². The highest BCUT2D eigenvalue weighted by atomic mass is 32.2. The predicted octanol–water partition coefficient (Wildman–Crippen LogP) is 2.16. The third-order valence-electron chi connectivity index (χ3n) is 6.90. The summed E-state index contributed by atoms with van der Waals surface area (Å²) in [5.41, 5.74) is 7.43. The lowest BCUT2D eigenvalue weighted by Crippen LogP contribution is -2.34. The first-order valence-corrected chi connectivity index (χ1v) is 13.1. The van der Waals surface area contributed by atoms with Gasteiger partial charge >= 0.3 is 0 Å². The Morgan fingerprint density at radius 3 is 2.18 bits per heavy atom. The van der Waals surface area contributed by atoms with Crippen LogP contribution in [0.2, 0.25) is 0 Å². The SMILES string of the molecule is NC(=O)c1c(S(=O)(=O)N2CC3CN(CCCc4ccccc4)CC3C2)cnn1-c1ccccc1. The van der Waals surface area contributed by atoms with Crippen LogP contribution in [0.4, 0.5) is 0 Å². The second-order valence-electron chi connectivity index (χ2n) is 9.16. The number of nitrogens with two attached hydrogens (primary N) is 1. The van der Waals surface area contributed by atoms with Gasteiger partial charge in [-0.25, -0.2) is 13.1 Å². The van der Waals surface area contributed by atoms with Gasteiger partial charge in [0.05, 0.1) is 11.9 Å². The highest BCUT2D eigenvalue weighted by molar-refractivity contribution is 7.89. The van der Waals surface area contributed by atoms with Gasteiger partial charge in [0.2, 0.25) is 10.0 Å². The summed E-state index contributed by atoms with van der Waals surface area (Å²) in [6.45, 7) is 3.73. The van der Waals surface area contributed by atoms with Crippen LogP contribution in [-0.2, 0) is 16.4 Å². The summed E-state index contributed by atoms with van der Waals surface area (Å²) in [5.74, 6) is -0.218. The predicted molar refractivity (Wildman–Crippen MR) is 129 cm³/mol. The van der Waals surface area contributed by atoms with E-state index in [2.05, 4.69) is 34.3 Å². The first kappa shape index (κ1) is 22.8. The van der Waals surface area contributed by atoms with Crippen LogP contribution >= 0.6 is 0 Å². The monoisotopic (exact) mass is 479 g/mol. The van der Waals surface area contributed by atoms with E-state index in [0.29, 0.717) is 30.6 Å². The number of amides is 1. The number of para-hydroxylation sites is 1. The van der Waals surface area contributed by atoms with E-state index in [-0.39, 0.29) is 10.6 Å². The highest BCUT2D eigenvalue weighted by Gasteiger charge is 2.45. The number of benzene rings is 2. The molecule has 0 radical (unpaired) electrons. The number of hydrogen-bond donors (Lipinski definition) is 1. The molecular weight excluding hydrogens is 450 g/mol. The molecule has 2 N–H and O–H groups in total. The van der Waals surface area contributed by atoms with Crippen molar-refractivity contribution in [1.29, 1.82) is 0 Å². The number of aryl methyl sites for hydroxylation is 1. The average molecular weight is 480 g/mol. The van der Waals surface area contributed by atoms with E-state index in [1.54, 1.807) is 24.3 Å². The largest absolute Gasteiger partial charge is 0.364 e. The van der Waals surface area contributed by atoms with E-state index in [9.17, 15) is 13.2 Å². The Morgan fingerprint density at radius 2 is 1.56 bits per heavy atom. The molecule has 5 rings (SSSR count). The average Bonchev–Trinajstić information content (AvgIpc) is 3.54. The fourth-order valence-electron chi connectivity index (χ4n) is 5.23. The fourth-order valence-corrected chi connectivity index (χ4v) is 6.89. The third kappa shape index (κ3) is 4.38. The third-order valence-corrected chi connectivity index (χ3v) is 8.73. The van der Waals surface area contributed by atoms with E-state index in [4.69, 9.17) is 5.73 Å². The van der Waals surface area contributed by atoms with Gasteiger partial charge in [-0.15, -0.1) is 0 Å². The van der Waals surface area contributed by atoms with Crippen molar-refractivity contribution in [2.45, 2.75) is 17.7 Å². The normalized spacial score (nSPS) is 21.1. The first-order chi connectivity index (χ1) is 16.4. The molecule has 3 heterocycles. The maximum atomic E-state index is 13.5. The van der Waals surface area contributed by atoms with Gasteiger partial charge in [0.25, 0.3) is 5.91 Å². The van der Waals surface area contributed by atoms with E-state index < -0.39 is 15.9 Å². The lowest BCUT2D eigenvalue weighted by molar-refractivity contribution is 0.0989. The topological polar surface area (TPSA) is 102 Å². The molecule has 9 heteroatoms. The van der Waals surface area contributed by atoms with Crippen LogP contribution < -0.4 is 5.73 Å². The second kappa shape index (κ2) is 9.32. The molecule has 2 aliphatic rings. The highest BCUT2D eigenvalue weighted by Crippen LogP contribution is 2.35. The zero-order valence-corrected chi connectivity index (χ0v) is 19.8. The molecule has 3 aromatic rings. The van der Waals surface area contributed by atoms with Crippen LogP contribution in [0.5, 0.6) is 0 Å². The Kier molecular flexibility index (Phi) is 6.24. The summed E-state index contributed by atoms with van der Waals surface area (Å²) >= 11 is 0. The van der Waals surface area contributed by atoms with Crippen molar-refractivity contribution in [2.75, 3.05) is 32.7 Å². The lowest BCUT2D eigenvalue weighted by atomic mass is 10.0. The molecule has 2 saturated heterocycles. The quantitative estimate of drug-likeness (QED) is 0.534. The van der Waals surface area contributed by atoms with Crippen molar-refractivity contribution in [3.8, 4) is 5.69 Å². The van der Waals surface area contributed by atoms with Gasteiger partial charge in [-0.2, -0.15) is 9.40 Å². The summed E-state index contributed by atoms with van der Waals surface area (Å²) in [6.07, 6.45) is 3.38. The molecule has 2 fully saturated rings. The lowest BCUT2D eigenvalue weighted by Gasteiger charge is -2.21. The number of aromatic nitrogens is 2. The van der Waals surface area contributed by atoms with Gasteiger partial charge in [0, 0.05) is 26.2 Å². The van der Waals surface area contributed by atoms with Gasteiger partial charge in [0.1, 0.15) is 4.90 Å². The molecule has 0 aliphatic carbocycles. The molecule has 2 unspecified atom stereocenters. The zero-order valence-electron chi connectivity index (χ0n) is 19.0. The molecule has 0 spiro atoms. The van der Waals surface area contributed by atoms with Gasteiger partial charge in [-0.05, 0) is 48.9 Å². The van der Waals surface area contributed by atoms with Crippen LogP contribution in [0.1, 0.15) is 22.5 Å². The van der Waals surface area contributed by atoms with Crippen LogP contribution in [0, 0.1) is 11.8 Å². The number of carbonyl (C=O) groups excluding carboxylic acids is 1. The fraction of sp³-hybridized carbons (Fsp3) is 0.360. The minimum Gasteiger partial charge on any atom is -0.364 e. The number of likely N-dealkylation sites (tertiary alicyclic amines) is 1. The number of hydrogen-bond acceptors (Lipinski definition) is 5. The van der Waals surface area contributed by atoms with Crippen LogP contribution in [0.15, 0.2) is 71.8 Å². The summed E-state index contributed by atoms with van der Waals surface area (Å²) in [6, 6.07) is 19.4. The molecule has 0 saturated carbocycles. The van der Waals surface area contributed by atoms with Gasteiger partial charge in [-0.1, -0.05) is 48.5 Å². The van der Waals surface area contributed by atoms with E-state index >= 15 is 0 Å². The van der Waals surface area contributed by atoms with Crippen LogP contribution in [-0.4, -0.2) is 66.0 Å². The van der Waals surface area contributed by atoms with Crippen molar-refractivity contribution in [2.24, 2.45) is 17.6 Å². The van der Waals surface area contributed by atoms with E-state index in [1.807, 2.05) is 12.1 Å². The first-order valence-electron chi connectivity index (χ1n) is 11.6. The van der Waals surface area contributed by atoms with Crippen molar-refractivity contribution in [3.63, 3.8) is 0 Å². The van der Waals surface area contributed by atoms with Gasteiger partial charge < -0.3 is 10.6 Å². The number of primary amides is 1. The maximum absolute atomic E-state index is 13.5. The van der Waals surface area contributed by atoms with E-state index in [0.717, 1.165) is 32.5 Å².